The van der Waals surface area contributed by atoms with Gasteiger partial charge in [0, 0.05) is 30.4 Å². The van der Waals surface area contributed by atoms with Crippen LogP contribution in [0.4, 0.5) is 0 Å². The second kappa shape index (κ2) is 9.13. The van der Waals surface area contributed by atoms with Crippen LogP contribution in [0.5, 0.6) is 11.5 Å². The van der Waals surface area contributed by atoms with Crippen molar-refractivity contribution in [2.45, 2.75) is 70.4 Å². The number of aliphatic hydroxyl groups is 3. The zero-order valence-electron chi connectivity index (χ0n) is 19.9. The van der Waals surface area contributed by atoms with E-state index in [1.165, 1.54) is 0 Å². The Morgan fingerprint density at radius 3 is 2.52 bits per heavy atom. The molecule has 5 heteroatoms. The largest absolute Gasteiger partial charge is 0.489 e. The molecule has 2 aliphatic rings. The van der Waals surface area contributed by atoms with Crippen molar-refractivity contribution in [2.75, 3.05) is 6.61 Å². The van der Waals surface area contributed by atoms with Crippen LogP contribution in [0.15, 0.2) is 60.7 Å². The highest BCUT2D eigenvalue weighted by molar-refractivity contribution is 5.49. The molecule has 0 radical (unpaired) electrons. The first kappa shape index (κ1) is 23.8. The second-order valence-corrected chi connectivity index (χ2v) is 10.7. The fourth-order valence-corrected chi connectivity index (χ4v) is 5.00. The molecule has 1 fully saturated rings. The molecule has 0 amide bonds. The molecule has 0 saturated heterocycles. The number of hydrogen-bond donors (Lipinski definition) is 3. The molecular weight excluding hydrogens is 416 g/mol. The van der Waals surface area contributed by atoms with Gasteiger partial charge >= 0.3 is 0 Å². The van der Waals surface area contributed by atoms with Gasteiger partial charge in [0.1, 0.15) is 29.3 Å². The summed E-state index contributed by atoms with van der Waals surface area (Å²) in [5.41, 5.74) is 1.14. The monoisotopic (exact) mass is 452 g/mol. The number of fused-ring (bicyclic) bond motifs is 3. The third kappa shape index (κ3) is 4.96. The highest BCUT2D eigenvalue weighted by atomic mass is 16.5. The Bertz CT molecular complexity index is 981. The number of ether oxygens (including phenoxy) is 2. The fraction of sp³-hybridized carbons (Fsp3) is 0.500. The number of para-hydroxylation sites is 2. The van der Waals surface area contributed by atoms with E-state index in [1.807, 2.05) is 70.2 Å². The molecule has 2 aromatic rings. The summed E-state index contributed by atoms with van der Waals surface area (Å²) in [5, 5.41) is 31.4. The van der Waals surface area contributed by atoms with Gasteiger partial charge < -0.3 is 24.8 Å². The molecular formula is C28H36O5. The molecule has 0 unspecified atom stereocenters. The minimum atomic E-state index is -0.845. The maximum atomic E-state index is 10.9. The standard InChI is InChI=1S/C28H36O5/c1-27(2,17-29)16-18-9-8-12-21-25-20(22(30)15-23(25)32-26(18)21)13-14-24(31)28(3,4)33-19-10-6-5-7-11-19/h5-14,20,22-25,29-31H,15-17H2,1-4H3/t20-,22+,23-,24+,25-/m0/s1. The minimum Gasteiger partial charge on any atom is -0.489 e. The fourth-order valence-electron chi connectivity index (χ4n) is 5.00. The van der Waals surface area contributed by atoms with Gasteiger partial charge in [0.25, 0.3) is 0 Å². The average molecular weight is 453 g/mol. The highest BCUT2D eigenvalue weighted by Crippen LogP contribution is 2.52. The summed E-state index contributed by atoms with van der Waals surface area (Å²) in [7, 11) is 0. The van der Waals surface area contributed by atoms with Crippen molar-refractivity contribution >= 4 is 0 Å². The van der Waals surface area contributed by atoms with Gasteiger partial charge in [0.05, 0.1) is 6.10 Å². The summed E-state index contributed by atoms with van der Waals surface area (Å²) in [6.07, 6.45) is 3.48. The van der Waals surface area contributed by atoms with Crippen LogP contribution in [-0.4, -0.2) is 45.8 Å². The normalized spacial score (nSPS) is 25.5. The first-order valence-electron chi connectivity index (χ1n) is 11.8. The molecule has 2 aromatic carbocycles. The Kier molecular flexibility index (Phi) is 6.59. The number of hydrogen-bond acceptors (Lipinski definition) is 5. The third-order valence-electron chi connectivity index (χ3n) is 6.94. The van der Waals surface area contributed by atoms with Crippen molar-refractivity contribution in [1.82, 2.24) is 0 Å². The van der Waals surface area contributed by atoms with Crippen LogP contribution in [0.1, 0.15) is 51.2 Å². The van der Waals surface area contributed by atoms with Gasteiger partial charge in [-0.15, -0.1) is 0 Å². The van der Waals surface area contributed by atoms with Gasteiger partial charge in [-0.05, 0) is 43.4 Å². The van der Waals surface area contributed by atoms with Crippen molar-refractivity contribution < 1.29 is 24.8 Å². The zero-order chi connectivity index (χ0) is 23.8. The molecule has 178 valence electrons. The molecule has 5 nitrogen and oxygen atoms in total. The summed E-state index contributed by atoms with van der Waals surface area (Å²) in [4.78, 5) is 0. The minimum absolute atomic E-state index is 0.0359. The van der Waals surface area contributed by atoms with E-state index in [0.29, 0.717) is 12.2 Å². The lowest BCUT2D eigenvalue weighted by Crippen LogP contribution is -2.41. The lowest BCUT2D eigenvalue weighted by molar-refractivity contribution is -0.00221. The van der Waals surface area contributed by atoms with Crippen molar-refractivity contribution in [1.29, 1.82) is 0 Å². The Labute approximate surface area is 196 Å². The smallest absolute Gasteiger partial charge is 0.133 e. The maximum Gasteiger partial charge on any atom is 0.133 e. The van der Waals surface area contributed by atoms with Crippen LogP contribution in [-0.2, 0) is 6.42 Å². The van der Waals surface area contributed by atoms with E-state index >= 15 is 0 Å². The van der Waals surface area contributed by atoms with Crippen molar-refractivity contribution in [3.8, 4) is 11.5 Å². The zero-order valence-corrected chi connectivity index (χ0v) is 19.9. The van der Waals surface area contributed by atoms with Gasteiger partial charge in [-0.1, -0.05) is 62.4 Å². The Morgan fingerprint density at radius 2 is 1.82 bits per heavy atom. The van der Waals surface area contributed by atoms with E-state index in [2.05, 4.69) is 12.1 Å². The van der Waals surface area contributed by atoms with E-state index in [4.69, 9.17) is 9.47 Å². The second-order valence-electron chi connectivity index (χ2n) is 10.7. The molecule has 0 aromatic heterocycles. The van der Waals surface area contributed by atoms with E-state index in [-0.39, 0.29) is 30.0 Å². The van der Waals surface area contributed by atoms with Gasteiger partial charge in [-0.25, -0.2) is 0 Å². The van der Waals surface area contributed by atoms with Crippen LogP contribution in [0.3, 0.4) is 0 Å². The summed E-state index contributed by atoms with van der Waals surface area (Å²) in [6, 6.07) is 15.6. The Hall–Kier alpha value is -2.34. The van der Waals surface area contributed by atoms with Crippen LogP contribution in [0.25, 0.3) is 0 Å². The topological polar surface area (TPSA) is 79.2 Å². The summed E-state index contributed by atoms with van der Waals surface area (Å²) >= 11 is 0. The number of aliphatic hydroxyl groups excluding tert-OH is 3. The molecule has 1 heterocycles. The van der Waals surface area contributed by atoms with Gasteiger partial charge in [-0.3, -0.25) is 0 Å². The first-order chi connectivity index (χ1) is 15.6. The number of rotatable bonds is 8. The Morgan fingerprint density at radius 1 is 1.09 bits per heavy atom. The van der Waals surface area contributed by atoms with Crippen LogP contribution in [0, 0.1) is 11.3 Å². The summed E-state index contributed by atoms with van der Waals surface area (Å²) in [5.74, 6) is 1.48. The van der Waals surface area contributed by atoms with Gasteiger partial charge in [0.2, 0.25) is 0 Å². The van der Waals surface area contributed by atoms with Gasteiger partial charge in [0.15, 0.2) is 0 Å². The van der Waals surface area contributed by atoms with E-state index < -0.39 is 17.8 Å². The van der Waals surface area contributed by atoms with Gasteiger partial charge in [-0.2, -0.15) is 0 Å². The van der Waals surface area contributed by atoms with Crippen LogP contribution in [0.2, 0.25) is 0 Å². The first-order valence-corrected chi connectivity index (χ1v) is 11.8. The molecule has 1 aliphatic heterocycles. The van der Waals surface area contributed by atoms with Crippen molar-refractivity contribution in [3.05, 3.63) is 71.8 Å². The molecule has 0 bridgehead atoms. The summed E-state index contributed by atoms with van der Waals surface area (Å²) in [6.45, 7) is 7.89. The SMILES string of the molecule is CC(C)(CO)Cc1cccc2c1O[C@H]1C[C@@H](O)[C@H](C=C[C@@H](O)C(C)(C)Oc3ccccc3)[C@@H]21. The molecule has 4 rings (SSSR count). The predicted molar refractivity (Wildman–Crippen MR) is 129 cm³/mol. The lowest BCUT2D eigenvalue weighted by Gasteiger charge is -2.30. The molecule has 1 saturated carbocycles. The molecule has 33 heavy (non-hydrogen) atoms. The lowest BCUT2D eigenvalue weighted by atomic mass is 9.83. The third-order valence-corrected chi connectivity index (χ3v) is 6.94. The maximum absolute atomic E-state index is 10.9. The summed E-state index contributed by atoms with van der Waals surface area (Å²) < 4.78 is 12.4. The van der Waals surface area contributed by atoms with Crippen molar-refractivity contribution in [2.24, 2.45) is 11.3 Å². The van der Waals surface area contributed by atoms with Crippen molar-refractivity contribution in [3.63, 3.8) is 0 Å². The van der Waals surface area contributed by atoms with Crippen LogP contribution < -0.4 is 9.47 Å². The van der Waals surface area contributed by atoms with E-state index in [1.54, 1.807) is 6.08 Å². The number of benzene rings is 2. The molecule has 1 aliphatic carbocycles. The van der Waals surface area contributed by atoms with E-state index in [9.17, 15) is 15.3 Å². The Balaban J connectivity index is 1.53. The molecule has 3 N–H and O–H groups in total. The quantitative estimate of drug-likeness (QED) is 0.522. The van der Waals surface area contributed by atoms with Crippen LogP contribution >= 0.6 is 0 Å². The average Bonchev–Trinajstić information content (AvgIpc) is 3.27. The molecule has 5 atom stereocenters. The predicted octanol–water partition coefficient (Wildman–Crippen LogP) is 4.25. The molecule has 0 spiro atoms. The van der Waals surface area contributed by atoms with E-state index in [0.717, 1.165) is 23.3 Å². The highest BCUT2D eigenvalue weighted by Gasteiger charge is 2.49.